The largest absolute Gasteiger partial charge is 0.448 e. The smallest absolute Gasteiger partial charge is 0.277 e. The first kappa shape index (κ1) is 12.8. The SMILES string of the molecule is CC(=O)Nc1cccc(NC(=O)c2coc(C)n2)c1. The van der Waals surface area contributed by atoms with Crippen molar-refractivity contribution in [3.05, 3.63) is 42.1 Å². The van der Waals surface area contributed by atoms with Crippen LogP contribution in [0.3, 0.4) is 0 Å². The number of carbonyl (C=O) groups is 2. The maximum atomic E-state index is 11.8. The number of hydrogen-bond donors (Lipinski definition) is 2. The summed E-state index contributed by atoms with van der Waals surface area (Å²) >= 11 is 0. The highest BCUT2D eigenvalue weighted by molar-refractivity contribution is 6.03. The van der Waals surface area contributed by atoms with Crippen LogP contribution in [0.1, 0.15) is 23.3 Å². The molecule has 0 radical (unpaired) electrons. The van der Waals surface area contributed by atoms with Crippen molar-refractivity contribution in [2.45, 2.75) is 13.8 Å². The van der Waals surface area contributed by atoms with Gasteiger partial charge in [-0.3, -0.25) is 9.59 Å². The number of anilines is 2. The third-order valence-corrected chi connectivity index (χ3v) is 2.29. The molecule has 0 saturated heterocycles. The van der Waals surface area contributed by atoms with Gasteiger partial charge < -0.3 is 15.1 Å². The number of amides is 2. The van der Waals surface area contributed by atoms with Crippen molar-refractivity contribution < 1.29 is 14.0 Å². The summed E-state index contributed by atoms with van der Waals surface area (Å²) in [5, 5.41) is 5.31. The highest BCUT2D eigenvalue weighted by Gasteiger charge is 2.10. The minimum absolute atomic E-state index is 0.171. The van der Waals surface area contributed by atoms with Gasteiger partial charge in [0.05, 0.1) is 0 Å². The van der Waals surface area contributed by atoms with Crippen LogP contribution in [0.5, 0.6) is 0 Å². The Hall–Kier alpha value is -2.63. The maximum absolute atomic E-state index is 11.8. The van der Waals surface area contributed by atoms with E-state index in [2.05, 4.69) is 15.6 Å². The van der Waals surface area contributed by atoms with Crippen LogP contribution in [0.4, 0.5) is 11.4 Å². The molecular weight excluding hydrogens is 246 g/mol. The third kappa shape index (κ3) is 3.41. The summed E-state index contributed by atoms with van der Waals surface area (Å²) in [6, 6.07) is 6.84. The van der Waals surface area contributed by atoms with Gasteiger partial charge in [0.25, 0.3) is 5.91 Å². The average molecular weight is 259 g/mol. The number of benzene rings is 1. The van der Waals surface area contributed by atoms with Crippen LogP contribution in [0.15, 0.2) is 34.9 Å². The van der Waals surface area contributed by atoms with E-state index in [1.807, 2.05) is 0 Å². The molecule has 2 N–H and O–H groups in total. The molecule has 0 bridgehead atoms. The summed E-state index contributed by atoms with van der Waals surface area (Å²) in [7, 11) is 0. The topological polar surface area (TPSA) is 84.2 Å². The Morgan fingerprint density at radius 2 is 1.89 bits per heavy atom. The molecule has 1 aromatic carbocycles. The zero-order valence-electron chi connectivity index (χ0n) is 10.6. The molecule has 2 rings (SSSR count). The minimum Gasteiger partial charge on any atom is -0.448 e. The predicted octanol–water partition coefficient (Wildman–Crippen LogP) is 2.19. The van der Waals surface area contributed by atoms with Crippen LogP contribution in [-0.4, -0.2) is 16.8 Å². The van der Waals surface area contributed by atoms with Crippen molar-refractivity contribution in [3.63, 3.8) is 0 Å². The first-order valence-corrected chi connectivity index (χ1v) is 5.66. The molecule has 0 aliphatic rings. The van der Waals surface area contributed by atoms with Gasteiger partial charge in [-0.05, 0) is 18.2 Å². The van der Waals surface area contributed by atoms with Gasteiger partial charge in [0.15, 0.2) is 11.6 Å². The predicted molar refractivity (Wildman–Crippen MR) is 69.9 cm³/mol. The number of aromatic nitrogens is 1. The molecule has 1 aromatic heterocycles. The highest BCUT2D eigenvalue weighted by atomic mass is 16.3. The minimum atomic E-state index is -0.364. The standard InChI is InChI=1S/C13H13N3O3/c1-8(17)14-10-4-3-5-11(6-10)16-13(18)12-7-19-9(2)15-12/h3-7H,1-2H3,(H,14,17)(H,16,18). The van der Waals surface area contributed by atoms with Crippen molar-refractivity contribution in [2.24, 2.45) is 0 Å². The van der Waals surface area contributed by atoms with E-state index in [0.717, 1.165) is 0 Å². The Bertz CT molecular complexity index is 619. The lowest BCUT2D eigenvalue weighted by atomic mass is 10.2. The normalized spacial score (nSPS) is 10.0. The van der Waals surface area contributed by atoms with Gasteiger partial charge in [0, 0.05) is 25.2 Å². The summed E-state index contributed by atoms with van der Waals surface area (Å²) in [4.78, 5) is 26.7. The lowest BCUT2D eigenvalue weighted by molar-refractivity contribution is -0.114. The fourth-order valence-electron chi connectivity index (χ4n) is 1.54. The molecule has 0 unspecified atom stereocenters. The molecular formula is C13H13N3O3. The molecule has 0 atom stereocenters. The molecule has 0 spiro atoms. The number of nitrogens with zero attached hydrogens (tertiary/aromatic N) is 1. The van der Waals surface area contributed by atoms with E-state index >= 15 is 0 Å². The van der Waals surface area contributed by atoms with Crippen LogP contribution < -0.4 is 10.6 Å². The van der Waals surface area contributed by atoms with E-state index in [9.17, 15) is 9.59 Å². The van der Waals surface area contributed by atoms with Gasteiger partial charge in [-0.15, -0.1) is 0 Å². The van der Waals surface area contributed by atoms with Crippen molar-refractivity contribution in [1.82, 2.24) is 4.98 Å². The molecule has 0 saturated carbocycles. The van der Waals surface area contributed by atoms with Crippen LogP contribution in [-0.2, 0) is 4.79 Å². The first-order valence-electron chi connectivity index (χ1n) is 5.66. The molecule has 19 heavy (non-hydrogen) atoms. The monoisotopic (exact) mass is 259 g/mol. The van der Waals surface area contributed by atoms with Gasteiger partial charge in [0.2, 0.25) is 5.91 Å². The Kier molecular flexibility index (Phi) is 3.61. The molecule has 98 valence electrons. The molecule has 0 aliphatic carbocycles. The quantitative estimate of drug-likeness (QED) is 0.884. The van der Waals surface area contributed by atoms with E-state index < -0.39 is 0 Å². The number of carbonyl (C=O) groups excluding carboxylic acids is 2. The van der Waals surface area contributed by atoms with E-state index in [0.29, 0.717) is 17.3 Å². The summed E-state index contributed by atoms with van der Waals surface area (Å²) in [6.45, 7) is 3.08. The van der Waals surface area contributed by atoms with Crippen molar-refractivity contribution >= 4 is 23.2 Å². The van der Waals surface area contributed by atoms with Crippen molar-refractivity contribution in [2.75, 3.05) is 10.6 Å². The van der Waals surface area contributed by atoms with Crippen molar-refractivity contribution in [1.29, 1.82) is 0 Å². The van der Waals surface area contributed by atoms with E-state index in [4.69, 9.17) is 4.42 Å². The van der Waals surface area contributed by atoms with Crippen LogP contribution in [0, 0.1) is 6.92 Å². The fourth-order valence-corrected chi connectivity index (χ4v) is 1.54. The van der Waals surface area contributed by atoms with Gasteiger partial charge in [-0.1, -0.05) is 6.07 Å². The van der Waals surface area contributed by atoms with Gasteiger partial charge in [-0.25, -0.2) is 4.98 Å². The molecule has 0 fully saturated rings. The number of nitrogens with one attached hydrogen (secondary N) is 2. The molecule has 1 heterocycles. The Morgan fingerprint density at radius 3 is 2.47 bits per heavy atom. The van der Waals surface area contributed by atoms with Crippen LogP contribution >= 0.6 is 0 Å². The number of hydrogen-bond acceptors (Lipinski definition) is 4. The summed E-state index contributed by atoms with van der Waals surface area (Å²) in [5.41, 5.74) is 1.39. The highest BCUT2D eigenvalue weighted by Crippen LogP contribution is 2.16. The zero-order chi connectivity index (χ0) is 13.8. The van der Waals surface area contributed by atoms with Gasteiger partial charge in [0.1, 0.15) is 6.26 Å². The van der Waals surface area contributed by atoms with E-state index in [-0.39, 0.29) is 17.5 Å². The lowest BCUT2D eigenvalue weighted by Gasteiger charge is -2.06. The molecule has 6 heteroatoms. The molecule has 2 aromatic rings. The van der Waals surface area contributed by atoms with Crippen LogP contribution in [0.25, 0.3) is 0 Å². The van der Waals surface area contributed by atoms with Crippen molar-refractivity contribution in [3.8, 4) is 0 Å². The number of oxazole rings is 1. The molecule has 0 aliphatic heterocycles. The Morgan fingerprint density at radius 1 is 1.21 bits per heavy atom. The third-order valence-electron chi connectivity index (χ3n) is 2.29. The lowest BCUT2D eigenvalue weighted by Crippen LogP contribution is -2.13. The Labute approximate surface area is 109 Å². The summed E-state index contributed by atoms with van der Waals surface area (Å²) in [6.07, 6.45) is 1.29. The molecule has 2 amide bonds. The number of aryl methyl sites for hydroxylation is 1. The average Bonchev–Trinajstić information content (AvgIpc) is 2.75. The second kappa shape index (κ2) is 5.34. The Balaban J connectivity index is 2.10. The maximum Gasteiger partial charge on any atom is 0.277 e. The van der Waals surface area contributed by atoms with E-state index in [1.54, 1.807) is 31.2 Å². The summed E-state index contributed by atoms with van der Waals surface area (Å²) in [5.74, 6) is -0.107. The van der Waals surface area contributed by atoms with Crippen LogP contribution in [0.2, 0.25) is 0 Å². The summed E-state index contributed by atoms with van der Waals surface area (Å²) < 4.78 is 4.97. The number of rotatable bonds is 3. The fraction of sp³-hybridized carbons (Fsp3) is 0.154. The zero-order valence-corrected chi connectivity index (χ0v) is 10.6. The second-order valence-corrected chi connectivity index (χ2v) is 3.97. The molecule has 6 nitrogen and oxygen atoms in total. The van der Waals surface area contributed by atoms with E-state index in [1.165, 1.54) is 13.2 Å². The van der Waals surface area contributed by atoms with Gasteiger partial charge >= 0.3 is 0 Å². The second-order valence-electron chi connectivity index (χ2n) is 3.97. The first-order chi connectivity index (χ1) is 9.04. The van der Waals surface area contributed by atoms with Gasteiger partial charge in [-0.2, -0.15) is 0 Å².